The summed E-state index contributed by atoms with van der Waals surface area (Å²) in [4.78, 5) is 0. The monoisotopic (exact) mass is 129 g/mol. The summed E-state index contributed by atoms with van der Waals surface area (Å²) < 4.78 is 0. The summed E-state index contributed by atoms with van der Waals surface area (Å²) in [5, 5.41) is 0. The molecule has 0 aliphatic carbocycles. The van der Waals surface area contributed by atoms with Crippen molar-refractivity contribution in [3.05, 3.63) is 35.9 Å². The van der Waals surface area contributed by atoms with Crippen LogP contribution in [0, 0.1) is 6.92 Å². The predicted molar refractivity (Wildman–Crippen MR) is 38.7 cm³/mol. The van der Waals surface area contributed by atoms with Gasteiger partial charge in [-0.25, -0.2) is 0 Å². The van der Waals surface area contributed by atoms with Gasteiger partial charge >= 0.3 is 0 Å². The third-order valence-electron chi connectivity index (χ3n) is 0.940. The van der Waals surface area contributed by atoms with Gasteiger partial charge in [0.1, 0.15) is 0 Å². The Kier molecular flexibility index (Phi) is 6.41. The van der Waals surface area contributed by atoms with Crippen LogP contribution >= 0.6 is 0 Å². The lowest BCUT2D eigenvalue weighted by Gasteiger charge is -1.82. The van der Waals surface area contributed by atoms with Crippen LogP contribution in [0.15, 0.2) is 30.3 Å². The first kappa shape index (κ1) is 11.0. The molecule has 0 aliphatic heterocycles. The highest BCUT2D eigenvalue weighted by atomic mass is 19.0. The fourth-order valence-electron chi connectivity index (χ4n) is 0.534. The second-order valence-corrected chi connectivity index (χ2v) is 1.65. The van der Waals surface area contributed by atoms with Crippen LogP contribution in [0.5, 0.6) is 0 Å². The number of aryl methyl sites for hydroxylation is 1. The molecule has 0 saturated carbocycles. The smallest absolute Gasteiger partial charge is 0.0398 e. The normalized spacial score (nSPS) is 6.78. The molecule has 0 amide bonds. The maximum absolute atomic E-state index is 2.08. The van der Waals surface area contributed by atoms with Gasteiger partial charge in [0.25, 0.3) is 0 Å². The predicted octanol–water partition coefficient (Wildman–Crippen LogP) is 2.31. The van der Waals surface area contributed by atoms with Crippen LogP contribution in [-0.4, -0.2) is 0 Å². The van der Waals surface area contributed by atoms with E-state index in [1.165, 1.54) is 5.56 Å². The summed E-state index contributed by atoms with van der Waals surface area (Å²) in [6.07, 6.45) is 0. The minimum Gasteiger partial charge on any atom is -0.344 e. The summed E-state index contributed by atoms with van der Waals surface area (Å²) in [7, 11) is 0. The minimum atomic E-state index is 0. The van der Waals surface area contributed by atoms with Gasteiger partial charge in [0, 0.05) is 0 Å². The van der Waals surface area contributed by atoms with Gasteiger partial charge in [-0.05, 0) is 6.92 Å². The zero-order valence-electron chi connectivity index (χ0n) is 5.50. The molecule has 0 heterocycles. The van der Waals surface area contributed by atoms with Crippen LogP contribution in [0.1, 0.15) is 5.56 Å². The molecule has 52 valence electrons. The van der Waals surface area contributed by atoms with E-state index in [1.807, 2.05) is 18.2 Å². The van der Waals surface area contributed by atoms with E-state index in [1.54, 1.807) is 0 Å². The van der Waals surface area contributed by atoms with E-state index in [0.717, 1.165) is 0 Å². The van der Waals surface area contributed by atoms with E-state index < -0.39 is 0 Å². The number of hydrogen-bond acceptors (Lipinski definition) is 1. The Hall–Kier alpha value is -0.890. The average Bonchev–Trinajstić information content (AvgIpc) is 1.69. The Morgan fingerprint density at radius 1 is 1.00 bits per heavy atom. The van der Waals surface area contributed by atoms with Crippen molar-refractivity contribution in [2.75, 3.05) is 0 Å². The first-order valence-electron chi connectivity index (χ1n) is 2.41. The van der Waals surface area contributed by atoms with Crippen LogP contribution in [0.3, 0.4) is 0 Å². The van der Waals surface area contributed by atoms with E-state index in [9.17, 15) is 0 Å². The van der Waals surface area contributed by atoms with Gasteiger partial charge in [-0.2, -0.15) is 0 Å². The van der Waals surface area contributed by atoms with Crippen molar-refractivity contribution in [1.29, 1.82) is 0 Å². The highest BCUT2D eigenvalue weighted by Gasteiger charge is 1.72. The Balaban J connectivity index is 0. The molecule has 0 saturated heterocycles. The molecule has 1 aromatic rings. The molecule has 9 heavy (non-hydrogen) atoms. The van der Waals surface area contributed by atoms with Gasteiger partial charge in [-0.1, -0.05) is 35.9 Å². The van der Waals surface area contributed by atoms with Gasteiger partial charge in [0.2, 0.25) is 0 Å². The van der Waals surface area contributed by atoms with Gasteiger partial charge in [-0.3, -0.25) is 4.70 Å². The van der Waals surface area contributed by atoms with E-state index in [2.05, 4.69) is 19.1 Å². The highest BCUT2D eigenvalue weighted by Crippen LogP contribution is 1.92. The lowest BCUT2D eigenvalue weighted by molar-refractivity contribution is 1.11. The van der Waals surface area contributed by atoms with E-state index in [-0.39, 0.29) is 10.9 Å². The molecule has 0 bridgehead atoms. The summed E-state index contributed by atoms with van der Waals surface area (Å²) in [5.74, 6) is 0. The number of halogens is 1. The van der Waals surface area contributed by atoms with Crippen molar-refractivity contribution in [1.82, 2.24) is 6.15 Å². The summed E-state index contributed by atoms with van der Waals surface area (Å²) >= 11 is 0. The second kappa shape index (κ2) is 5.25. The summed E-state index contributed by atoms with van der Waals surface area (Å²) in [5.41, 5.74) is 1.32. The highest BCUT2D eigenvalue weighted by molar-refractivity contribution is 5.11. The van der Waals surface area contributed by atoms with E-state index in [4.69, 9.17) is 0 Å². The van der Waals surface area contributed by atoms with Crippen molar-refractivity contribution < 1.29 is 4.70 Å². The van der Waals surface area contributed by atoms with Crippen molar-refractivity contribution >= 4 is 0 Å². The maximum atomic E-state index is 2.08. The van der Waals surface area contributed by atoms with Crippen LogP contribution in [0.2, 0.25) is 0 Å². The standard InChI is InChI=1S/C7H8.FH.H3N/c1-7-5-3-2-4-6-7;;/h2-6H,1H3;1H;1H3. The molecule has 2 heteroatoms. The first-order valence-corrected chi connectivity index (χ1v) is 2.41. The van der Waals surface area contributed by atoms with Crippen molar-refractivity contribution in [2.24, 2.45) is 0 Å². The molecule has 0 unspecified atom stereocenters. The lowest BCUT2D eigenvalue weighted by Crippen LogP contribution is -1.62. The third kappa shape index (κ3) is 3.67. The van der Waals surface area contributed by atoms with Gasteiger partial charge in [-0.15, -0.1) is 0 Å². The Morgan fingerprint density at radius 2 is 1.44 bits per heavy atom. The quantitative estimate of drug-likeness (QED) is 0.573. The fourth-order valence-corrected chi connectivity index (χ4v) is 0.534. The molecule has 0 atom stereocenters. The minimum absolute atomic E-state index is 0. The van der Waals surface area contributed by atoms with Gasteiger partial charge in [0.15, 0.2) is 0 Å². The molecule has 0 aromatic heterocycles. The molecule has 3 N–H and O–H groups in total. The lowest BCUT2D eigenvalue weighted by atomic mass is 10.2. The fraction of sp³-hybridized carbons (Fsp3) is 0.143. The van der Waals surface area contributed by atoms with Crippen LogP contribution in [-0.2, 0) is 0 Å². The molecule has 1 rings (SSSR count). The largest absolute Gasteiger partial charge is 0.344 e. The molecule has 0 radical (unpaired) electrons. The molecular weight excluding hydrogens is 117 g/mol. The zero-order valence-corrected chi connectivity index (χ0v) is 5.50. The Morgan fingerprint density at radius 3 is 1.67 bits per heavy atom. The van der Waals surface area contributed by atoms with E-state index >= 15 is 0 Å². The van der Waals surface area contributed by atoms with Gasteiger partial charge < -0.3 is 6.15 Å². The number of benzene rings is 1. The summed E-state index contributed by atoms with van der Waals surface area (Å²) in [6.45, 7) is 2.08. The van der Waals surface area contributed by atoms with Gasteiger partial charge in [0.05, 0.1) is 0 Å². The molecule has 0 spiro atoms. The van der Waals surface area contributed by atoms with Crippen molar-refractivity contribution in [3.8, 4) is 0 Å². The molecule has 0 aliphatic rings. The van der Waals surface area contributed by atoms with Crippen LogP contribution < -0.4 is 6.15 Å². The average molecular weight is 129 g/mol. The van der Waals surface area contributed by atoms with E-state index in [0.29, 0.717) is 0 Å². The number of rotatable bonds is 0. The number of hydrogen-bond donors (Lipinski definition) is 1. The maximum Gasteiger partial charge on any atom is -0.0398 e. The summed E-state index contributed by atoms with van der Waals surface area (Å²) in [6, 6.07) is 10.3. The molecule has 1 aromatic carbocycles. The SMILES string of the molecule is Cc1ccccc1.F.N. The second-order valence-electron chi connectivity index (χ2n) is 1.65. The Labute approximate surface area is 54.7 Å². The van der Waals surface area contributed by atoms with Crippen molar-refractivity contribution in [2.45, 2.75) is 6.92 Å². The molecular formula is C7H12FN. The third-order valence-corrected chi connectivity index (χ3v) is 0.940. The topological polar surface area (TPSA) is 35.0 Å². The Bertz CT molecular complexity index is 139. The van der Waals surface area contributed by atoms with Crippen LogP contribution in [0.25, 0.3) is 0 Å². The molecule has 1 nitrogen and oxygen atoms in total. The van der Waals surface area contributed by atoms with Crippen LogP contribution in [0.4, 0.5) is 4.70 Å². The molecule has 0 fully saturated rings. The van der Waals surface area contributed by atoms with Crippen molar-refractivity contribution in [3.63, 3.8) is 0 Å². The zero-order chi connectivity index (χ0) is 5.11. The first-order chi connectivity index (χ1) is 3.39.